The number of hydrogen-bond donors (Lipinski definition) is 2. The minimum atomic E-state index is -1.10. The van der Waals surface area contributed by atoms with E-state index in [1.807, 2.05) is 36.4 Å². The summed E-state index contributed by atoms with van der Waals surface area (Å²) in [5, 5.41) is 11.8. The molecule has 0 radical (unpaired) electrons. The molecule has 9 nitrogen and oxygen atoms in total. The van der Waals surface area contributed by atoms with E-state index in [1.54, 1.807) is 0 Å². The topological polar surface area (TPSA) is 122 Å². The summed E-state index contributed by atoms with van der Waals surface area (Å²) in [6.07, 6.45) is 2.40. The molecule has 180 valence electrons. The molecule has 2 aliphatic rings. The highest BCUT2D eigenvalue weighted by atomic mass is 16.5. The van der Waals surface area contributed by atoms with Crippen molar-refractivity contribution in [2.24, 2.45) is 5.92 Å². The summed E-state index contributed by atoms with van der Waals surface area (Å²) in [4.78, 5) is 41.8. The van der Waals surface area contributed by atoms with Gasteiger partial charge >= 0.3 is 12.1 Å². The van der Waals surface area contributed by atoms with Crippen molar-refractivity contribution >= 4 is 18.0 Å². The zero-order chi connectivity index (χ0) is 24.4. The van der Waals surface area contributed by atoms with E-state index in [2.05, 4.69) is 22.4 Å². The first-order valence-electron chi connectivity index (χ1n) is 11.5. The number of carbonyl (C=O) groups excluding carboxylic acids is 2. The van der Waals surface area contributed by atoms with Crippen LogP contribution in [0.5, 0.6) is 0 Å². The molecule has 1 fully saturated rings. The van der Waals surface area contributed by atoms with Crippen LogP contribution in [0.15, 0.2) is 59.3 Å². The number of aliphatic carboxylic acids is 1. The lowest BCUT2D eigenvalue weighted by Crippen LogP contribution is -2.38. The summed E-state index contributed by atoms with van der Waals surface area (Å²) in [5.74, 6) is -1.23. The second-order valence-corrected chi connectivity index (χ2v) is 8.83. The summed E-state index contributed by atoms with van der Waals surface area (Å²) in [6.45, 7) is -0.00337. The highest BCUT2D eigenvalue weighted by molar-refractivity contribution is 5.95. The van der Waals surface area contributed by atoms with Gasteiger partial charge < -0.3 is 24.5 Å². The van der Waals surface area contributed by atoms with Crippen molar-refractivity contribution in [3.63, 3.8) is 0 Å². The predicted molar refractivity (Wildman–Crippen MR) is 125 cm³/mol. The van der Waals surface area contributed by atoms with Crippen molar-refractivity contribution < 1.29 is 28.6 Å². The second kappa shape index (κ2) is 9.61. The Kier molecular flexibility index (Phi) is 6.22. The van der Waals surface area contributed by atoms with E-state index in [0.29, 0.717) is 12.5 Å². The summed E-state index contributed by atoms with van der Waals surface area (Å²) in [5.41, 5.74) is 4.49. The lowest BCUT2D eigenvalue weighted by atomic mass is 9.98. The number of carboxylic acid groups (broad SMARTS) is 1. The minimum Gasteiger partial charge on any atom is -0.480 e. The Bertz CT molecular complexity index is 1220. The largest absolute Gasteiger partial charge is 0.480 e. The second-order valence-electron chi connectivity index (χ2n) is 8.83. The molecule has 0 unspecified atom stereocenters. The molecule has 2 amide bonds. The third-order valence-corrected chi connectivity index (χ3v) is 6.37. The normalized spacial score (nSPS) is 14.2. The molecule has 1 aromatic heterocycles. The molecule has 0 bridgehead atoms. The SMILES string of the molecule is O=C(O)CN(CC1CC1)C(=O)c1ncoc1CNC(=O)OCC1c2ccccc2-c2ccccc21. The van der Waals surface area contributed by atoms with Gasteiger partial charge in [0.25, 0.3) is 5.91 Å². The van der Waals surface area contributed by atoms with Crippen LogP contribution in [0.25, 0.3) is 11.1 Å². The summed E-state index contributed by atoms with van der Waals surface area (Å²) in [6, 6.07) is 16.1. The molecule has 1 heterocycles. The van der Waals surface area contributed by atoms with Gasteiger partial charge in [0.2, 0.25) is 0 Å². The first-order chi connectivity index (χ1) is 17.0. The van der Waals surface area contributed by atoms with Gasteiger partial charge in [0, 0.05) is 12.5 Å². The van der Waals surface area contributed by atoms with E-state index in [-0.39, 0.29) is 30.5 Å². The van der Waals surface area contributed by atoms with Gasteiger partial charge in [-0.05, 0) is 41.0 Å². The lowest BCUT2D eigenvalue weighted by Gasteiger charge is -2.19. The Morgan fingerprint density at radius 3 is 2.34 bits per heavy atom. The fourth-order valence-electron chi connectivity index (χ4n) is 4.52. The fraction of sp³-hybridized carbons (Fsp3) is 0.308. The number of oxazole rings is 1. The quantitative estimate of drug-likeness (QED) is 0.484. The Morgan fingerprint density at radius 2 is 1.71 bits per heavy atom. The van der Waals surface area contributed by atoms with Crippen LogP contribution >= 0.6 is 0 Å². The summed E-state index contributed by atoms with van der Waals surface area (Å²) < 4.78 is 10.8. The first kappa shape index (κ1) is 22.6. The van der Waals surface area contributed by atoms with E-state index >= 15 is 0 Å². The van der Waals surface area contributed by atoms with Crippen LogP contribution in [0.3, 0.4) is 0 Å². The number of hydrogen-bond acceptors (Lipinski definition) is 6. The van der Waals surface area contributed by atoms with Crippen LogP contribution in [-0.4, -0.2) is 52.7 Å². The maximum atomic E-state index is 12.9. The van der Waals surface area contributed by atoms with E-state index in [1.165, 1.54) is 4.90 Å². The van der Waals surface area contributed by atoms with Crippen LogP contribution in [-0.2, 0) is 16.1 Å². The molecular weight excluding hydrogens is 450 g/mol. The van der Waals surface area contributed by atoms with Gasteiger partial charge in [-0.2, -0.15) is 0 Å². The van der Waals surface area contributed by atoms with E-state index in [4.69, 9.17) is 14.3 Å². The van der Waals surface area contributed by atoms with Gasteiger partial charge in [-0.1, -0.05) is 48.5 Å². The van der Waals surface area contributed by atoms with Crippen molar-refractivity contribution in [1.29, 1.82) is 0 Å². The van der Waals surface area contributed by atoms with Gasteiger partial charge in [-0.3, -0.25) is 9.59 Å². The van der Waals surface area contributed by atoms with Crippen molar-refractivity contribution in [3.05, 3.63) is 77.5 Å². The number of carboxylic acids is 1. The molecule has 0 saturated heterocycles. The Morgan fingerprint density at radius 1 is 1.06 bits per heavy atom. The fourth-order valence-corrected chi connectivity index (χ4v) is 4.52. The monoisotopic (exact) mass is 475 g/mol. The number of fused-ring (bicyclic) bond motifs is 3. The highest BCUT2D eigenvalue weighted by Crippen LogP contribution is 2.44. The molecular formula is C26H25N3O6. The molecule has 1 saturated carbocycles. The summed E-state index contributed by atoms with van der Waals surface area (Å²) >= 11 is 0. The molecule has 2 N–H and O–H groups in total. The summed E-state index contributed by atoms with van der Waals surface area (Å²) in [7, 11) is 0. The number of aromatic nitrogens is 1. The number of carbonyl (C=O) groups is 3. The van der Waals surface area contributed by atoms with Gasteiger partial charge in [-0.25, -0.2) is 9.78 Å². The van der Waals surface area contributed by atoms with E-state index < -0.39 is 24.5 Å². The Hall–Kier alpha value is -4.14. The standard InChI is InChI=1S/C26H25N3O6/c30-23(31)13-29(12-16-9-10-16)25(32)24-22(35-15-28-24)11-27-26(33)34-14-21-19-7-3-1-5-17(19)18-6-2-4-8-20(18)21/h1-8,15-16,21H,9-14H2,(H,27,33)(H,30,31). The number of amides is 2. The minimum absolute atomic E-state index is 0.00847. The molecule has 3 aromatic rings. The Labute approximate surface area is 201 Å². The average Bonchev–Trinajstić information content (AvgIpc) is 3.45. The molecule has 2 aliphatic carbocycles. The van der Waals surface area contributed by atoms with Gasteiger partial charge in [0.15, 0.2) is 17.8 Å². The molecule has 9 heteroatoms. The molecule has 2 aromatic carbocycles. The zero-order valence-electron chi connectivity index (χ0n) is 19.0. The maximum absolute atomic E-state index is 12.9. The zero-order valence-corrected chi connectivity index (χ0v) is 19.0. The van der Waals surface area contributed by atoms with Crippen molar-refractivity contribution in [2.75, 3.05) is 19.7 Å². The number of benzene rings is 2. The van der Waals surface area contributed by atoms with Crippen molar-refractivity contribution in [3.8, 4) is 11.1 Å². The smallest absolute Gasteiger partial charge is 0.407 e. The number of rotatable bonds is 9. The number of alkyl carbamates (subject to hydrolysis) is 1. The van der Waals surface area contributed by atoms with Crippen molar-refractivity contribution in [1.82, 2.24) is 15.2 Å². The first-order valence-corrected chi connectivity index (χ1v) is 11.5. The Balaban J connectivity index is 1.20. The highest BCUT2D eigenvalue weighted by Gasteiger charge is 2.31. The van der Waals surface area contributed by atoms with Crippen LogP contribution in [0, 0.1) is 5.92 Å². The van der Waals surface area contributed by atoms with E-state index in [0.717, 1.165) is 41.5 Å². The van der Waals surface area contributed by atoms with E-state index in [9.17, 15) is 14.4 Å². The van der Waals surface area contributed by atoms with Crippen LogP contribution < -0.4 is 5.32 Å². The average molecular weight is 476 g/mol. The number of ether oxygens (including phenoxy) is 1. The number of nitrogens with zero attached hydrogens (tertiary/aromatic N) is 2. The van der Waals surface area contributed by atoms with Gasteiger partial charge in [-0.15, -0.1) is 0 Å². The molecule has 35 heavy (non-hydrogen) atoms. The lowest BCUT2D eigenvalue weighted by molar-refractivity contribution is -0.137. The van der Waals surface area contributed by atoms with Crippen LogP contribution in [0.1, 0.15) is 46.1 Å². The number of nitrogens with one attached hydrogen (secondary N) is 1. The van der Waals surface area contributed by atoms with Crippen LogP contribution in [0.2, 0.25) is 0 Å². The van der Waals surface area contributed by atoms with Gasteiger partial charge in [0.1, 0.15) is 13.2 Å². The third-order valence-electron chi connectivity index (χ3n) is 6.37. The maximum Gasteiger partial charge on any atom is 0.407 e. The van der Waals surface area contributed by atoms with Gasteiger partial charge in [0.05, 0.1) is 6.54 Å². The molecule has 0 aliphatic heterocycles. The van der Waals surface area contributed by atoms with Crippen LogP contribution in [0.4, 0.5) is 4.79 Å². The molecule has 0 spiro atoms. The molecule has 0 atom stereocenters. The third kappa shape index (κ3) is 4.89. The predicted octanol–water partition coefficient (Wildman–Crippen LogP) is 3.65. The molecule has 5 rings (SSSR count). The van der Waals surface area contributed by atoms with Crippen molar-refractivity contribution in [2.45, 2.75) is 25.3 Å².